The number of hydrogen-bond acceptors (Lipinski definition) is 3. The van der Waals surface area contributed by atoms with Gasteiger partial charge in [0.1, 0.15) is 23.8 Å². The van der Waals surface area contributed by atoms with Crippen LogP contribution in [-0.4, -0.2) is 41.2 Å². The zero-order chi connectivity index (χ0) is 14.9. The van der Waals surface area contributed by atoms with Crippen molar-refractivity contribution in [2.24, 2.45) is 5.92 Å². The molecule has 1 N–H and O–H groups in total. The predicted octanol–water partition coefficient (Wildman–Crippen LogP) is 1.97. The van der Waals surface area contributed by atoms with Crippen LogP contribution >= 0.6 is 0 Å². The lowest BCUT2D eigenvalue weighted by atomic mass is 9.93. The summed E-state index contributed by atoms with van der Waals surface area (Å²) < 4.78 is 18.4. The maximum atomic E-state index is 12.8. The van der Waals surface area contributed by atoms with E-state index < -0.39 is 5.60 Å². The number of carbonyl (C=O) groups is 1. The molecule has 0 spiro atoms. The first-order valence-electron chi connectivity index (χ1n) is 7.45. The van der Waals surface area contributed by atoms with Crippen LogP contribution in [0.2, 0.25) is 0 Å². The van der Waals surface area contributed by atoms with Crippen LogP contribution < -0.4 is 4.74 Å². The number of hydrogen-bond donors (Lipinski definition) is 1. The molecule has 21 heavy (non-hydrogen) atoms. The monoisotopic (exact) mass is 293 g/mol. The summed E-state index contributed by atoms with van der Waals surface area (Å²) in [6.07, 6.45) is 3.34. The Hall–Kier alpha value is -1.62. The van der Waals surface area contributed by atoms with E-state index in [1.165, 1.54) is 24.3 Å². The number of likely N-dealkylation sites (tertiary alicyclic amines) is 1. The molecule has 3 rings (SSSR count). The molecule has 1 aromatic rings. The van der Waals surface area contributed by atoms with Gasteiger partial charge in [-0.25, -0.2) is 4.39 Å². The highest BCUT2D eigenvalue weighted by Gasteiger charge is 2.40. The number of rotatable bonds is 4. The molecule has 1 heterocycles. The van der Waals surface area contributed by atoms with Gasteiger partial charge in [-0.15, -0.1) is 0 Å². The van der Waals surface area contributed by atoms with Crippen molar-refractivity contribution in [2.75, 3.05) is 19.7 Å². The van der Waals surface area contributed by atoms with E-state index in [2.05, 4.69) is 0 Å². The second kappa shape index (κ2) is 5.64. The second-order valence-corrected chi connectivity index (χ2v) is 6.10. The van der Waals surface area contributed by atoms with E-state index in [9.17, 15) is 14.3 Å². The average Bonchev–Trinajstić information content (AvgIpc) is 3.31. The number of amides is 1. The van der Waals surface area contributed by atoms with Gasteiger partial charge in [0, 0.05) is 12.5 Å². The topological polar surface area (TPSA) is 49.8 Å². The minimum atomic E-state index is -1.02. The van der Waals surface area contributed by atoms with Gasteiger partial charge in [0.2, 0.25) is 5.91 Å². The van der Waals surface area contributed by atoms with Gasteiger partial charge >= 0.3 is 0 Å². The third kappa shape index (κ3) is 3.53. The minimum absolute atomic E-state index is 0.118. The van der Waals surface area contributed by atoms with E-state index in [4.69, 9.17) is 4.74 Å². The van der Waals surface area contributed by atoms with Crippen LogP contribution in [0, 0.1) is 11.7 Å². The lowest BCUT2D eigenvalue weighted by Gasteiger charge is -2.39. The standard InChI is InChI=1S/C16H20FNO3/c17-13-4-6-14(7-5-13)21-11-16(20)8-1-9-18(10-16)15(19)12-2-3-12/h4-7,12,20H,1-3,8-11H2. The fourth-order valence-electron chi connectivity index (χ4n) is 2.76. The second-order valence-electron chi connectivity index (χ2n) is 6.10. The maximum absolute atomic E-state index is 12.8. The molecule has 2 aliphatic rings. The van der Waals surface area contributed by atoms with Crippen molar-refractivity contribution in [3.05, 3.63) is 30.1 Å². The summed E-state index contributed by atoms with van der Waals surface area (Å²) in [6, 6.07) is 5.72. The van der Waals surface area contributed by atoms with Gasteiger partial charge in [-0.1, -0.05) is 0 Å². The van der Waals surface area contributed by atoms with Crippen LogP contribution in [0.3, 0.4) is 0 Å². The van der Waals surface area contributed by atoms with Crippen molar-refractivity contribution in [3.8, 4) is 5.75 Å². The number of halogens is 1. The van der Waals surface area contributed by atoms with Gasteiger partial charge in [0.15, 0.2) is 0 Å². The Kier molecular flexibility index (Phi) is 3.85. The molecule has 1 amide bonds. The zero-order valence-corrected chi connectivity index (χ0v) is 11.9. The minimum Gasteiger partial charge on any atom is -0.491 e. The molecule has 114 valence electrons. The number of β-amino-alcohol motifs (C(OH)–C–C–N with tert-alkyl or cyclic N) is 1. The molecule has 1 aliphatic carbocycles. The molecule has 0 radical (unpaired) electrons. The average molecular weight is 293 g/mol. The van der Waals surface area contributed by atoms with Crippen LogP contribution in [-0.2, 0) is 4.79 Å². The van der Waals surface area contributed by atoms with Crippen LogP contribution in [0.5, 0.6) is 5.75 Å². The molecule has 0 aromatic heterocycles. The van der Waals surface area contributed by atoms with Gasteiger partial charge in [-0.3, -0.25) is 4.79 Å². The Morgan fingerprint density at radius 1 is 1.38 bits per heavy atom. The molecule has 1 aromatic carbocycles. The van der Waals surface area contributed by atoms with E-state index in [0.29, 0.717) is 25.3 Å². The molecule has 1 atom stereocenters. The molecule has 2 fully saturated rings. The highest BCUT2D eigenvalue weighted by Crippen LogP contribution is 2.33. The maximum Gasteiger partial charge on any atom is 0.225 e. The summed E-state index contributed by atoms with van der Waals surface area (Å²) in [4.78, 5) is 13.9. The highest BCUT2D eigenvalue weighted by atomic mass is 19.1. The zero-order valence-electron chi connectivity index (χ0n) is 11.9. The Labute approximate surface area is 123 Å². The fraction of sp³-hybridized carbons (Fsp3) is 0.562. The highest BCUT2D eigenvalue weighted by molar-refractivity contribution is 5.81. The van der Waals surface area contributed by atoms with Gasteiger partial charge in [0.25, 0.3) is 0 Å². The van der Waals surface area contributed by atoms with Gasteiger partial charge in [-0.2, -0.15) is 0 Å². The van der Waals surface area contributed by atoms with Crippen molar-refractivity contribution in [1.82, 2.24) is 4.90 Å². The number of nitrogens with zero attached hydrogens (tertiary/aromatic N) is 1. The van der Waals surface area contributed by atoms with Crippen LogP contribution in [0.25, 0.3) is 0 Å². The fourth-order valence-corrected chi connectivity index (χ4v) is 2.76. The molecule has 1 saturated heterocycles. The normalized spacial score (nSPS) is 25.7. The van der Waals surface area contributed by atoms with Gasteiger partial charge in [0.05, 0.1) is 6.54 Å². The summed E-state index contributed by atoms with van der Waals surface area (Å²) in [5.74, 6) is 0.538. The van der Waals surface area contributed by atoms with Crippen molar-refractivity contribution in [1.29, 1.82) is 0 Å². The molecule has 1 unspecified atom stereocenters. The molecule has 1 saturated carbocycles. The first-order valence-corrected chi connectivity index (χ1v) is 7.45. The largest absolute Gasteiger partial charge is 0.491 e. The van der Waals surface area contributed by atoms with Crippen LogP contribution in [0.15, 0.2) is 24.3 Å². The lowest BCUT2D eigenvalue weighted by Crippen LogP contribution is -2.53. The summed E-state index contributed by atoms with van der Waals surface area (Å²) >= 11 is 0. The number of benzene rings is 1. The van der Waals surface area contributed by atoms with Gasteiger partial charge in [-0.05, 0) is 49.9 Å². The van der Waals surface area contributed by atoms with Crippen molar-refractivity contribution < 1.29 is 19.0 Å². The quantitative estimate of drug-likeness (QED) is 0.923. The van der Waals surface area contributed by atoms with E-state index in [1.807, 2.05) is 0 Å². The lowest BCUT2D eigenvalue weighted by molar-refractivity contribution is -0.141. The summed E-state index contributed by atoms with van der Waals surface area (Å²) in [5.41, 5.74) is -1.02. The molecular weight excluding hydrogens is 273 g/mol. The Balaban J connectivity index is 1.57. The Morgan fingerprint density at radius 3 is 2.76 bits per heavy atom. The summed E-state index contributed by atoms with van der Waals surface area (Å²) in [5, 5.41) is 10.6. The molecular formula is C16H20FNO3. The molecule has 4 nitrogen and oxygen atoms in total. The molecule has 1 aliphatic heterocycles. The number of aliphatic hydroxyl groups is 1. The SMILES string of the molecule is O=C(C1CC1)N1CCCC(O)(COc2ccc(F)cc2)C1. The first-order chi connectivity index (χ1) is 10.1. The third-order valence-electron chi connectivity index (χ3n) is 4.11. The van der Waals surface area contributed by atoms with E-state index in [0.717, 1.165) is 19.3 Å². The molecule has 0 bridgehead atoms. The van der Waals surface area contributed by atoms with Crippen molar-refractivity contribution in [2.45, 2.75) is 31.3 Å². The van der Waals surface area contributed by atoms with E-state index in [-0.39, 0.29) is 24.2 Å². The summed E-state index contributed by atoms with van der Waals surface area (Å²) in [7, 11) is 0. The van der Waals surface area contributed by atoms with E-state index in [1.54, 1.807) is 4.90 Å². The Morgan fingerprint density at radius 2 is 2.10 bits per heavy atom. The Bertz CT molecular complexity index is 515. The van der Waals surface area contributed by atoms with Crippen LogP contribution in [0.4, 0.5) is 4.39 Å². The molecule has 5 heteroatoms. The van der Waals surface area contributed by atoms with Crippen LogP contribution in [0.1, 0.15) is 25.7 Å². The van der Waals surface area contributed by atoms with Gasteiger partial charge < -0.3 is 14.7 Å². The third-order valence-corrected chi connectivity index (χ3v) is 4.11. The predicted molar refractivity (Wildman–Crippen MR) is 75.4 cm³/mol. The number of ether oxygens (including phenoxy) is 1. The number of carbonyl (C=O) groups excluding carboxylic acids is 1. The van der Waals surface area contributed by atoms with Crippen molar-refractivity contribution >= 4 is 5.91 Å². The van der Waals surface area contributed by atoms with E-state index >= 15 is 0 Å². The van der Waals surface area contributed by atoms with Crippen molar-refractivity contribution in [3.63, 3.8) is 0 Å². The summed E-state index contributed by atoms with van der Waals surface area (Å²) in [6.45, 7) is 1.16. The number of piperidine rings is 1. The smallest absolute Gasteiger partial charge is 0.225 e. The first kappa shape index (κ1) is 14.3.